The van der Waals surface area contributed by atoms with Crippen LogP contribution in [0.15, 0.2) is 55.1 Å². The molecule has 0 aliphatic carbocycles. The van der Waals surface area contributed by atoms with Gasteiger partial charge in [0.15, 0.2) is 0 Å². The number of halogens is 1. The van der Waals surface area contributed by atoms with Crippen LogP contribution in [0.3, 0.4) is 0 Å². The molecule has 0 radical (unpaired) electrons. The van der Waals surface area contributed by atoms with Gasteiger partial charge >= 0.3 is 0 Å². The van der Waals surface area contributed by atoms with E-state index in [-0.39, 0.29) is 5.75 Å². The third kappa shape index (κ3) is 2.98. The van der Waals surface area contributed by atoms with E-state index in [1.807, 2.05) is 24.3 Å². The number of phenols is 1. The Balaban J connectivity index is 1.84. The summed E-state index contributed by atoms with van der Waals surface area (Å²) in [6, 6.07) is 12.7. The number of phenolic OH excluding ortho intramolecular Hbond substituents is 1. The molecular weight excluding hydrogens is 288 g/mol. The molecule has 2 N–H and O–H groups in total. The molecule has 0 spiro atoms. The average Bonchev–Trinajstić information content (AvgIpc) is 3.03. The lowest BCUT2D eigenvalue weighted by Gasteiger charge is -2.12. The summed E-state index contributed by atoms with van der Waals surface area (Å²) in [7, 11) is 0. The van der Waals surface area contributed by atoms with Gasteiger partial charge in [-0.3, -0.25) is 0 Å². The first-order chi connectivity index (χ1) is 10.2. The molecule has 5 nitrogen and oxygen atoms in total. The summed E-state index contributed by atoms with van der Waals surface area (Å²) in [6.45, 7) is 0.456. The predicted molar refractivity (Wildman–Crippen MR) is 81.8 cm³/mol. The van der Waals surface area contributed by atoms with Gasteiger partial charge in [0.25, 0.3) is 0 Å². The molecule has 3 rings (SSSR count). The summed E-state index contributed by atoms with van der Waals surface area (Å²) in [6.07, 6.45) is 3.12. The van der Waals surface area contributed by atoms with E-state index in [0.29, 0.717) is 11.6 Å². The number of rotatable bonds is 4. The highest BCUT2D eigenvalue weighted by molar-refractivity contribution is 6.30. The van der Waals surface area contributed by atoms with Crippen LogP contribution in [0.2, 0.25) is 5.02 Å². The van der Waals surface area contributed by atoms with Crippen molar-refractivity contribution in [3.05, 3.63) is 65.7 Å². The Labute approximate surface area is 126 Å². The number of nitrogens with one attached hydrogen (secondary N) is 1. The summed E-state index contributed by atoms with van der Waals surface area (Å²) in [5.74, 6) is 0.213. The van der Waals surface area contributed by atoms with Gasteiger partial charge in [-0.15, -0.1) is 0 Å². The quantitative estimate of drug-likeness (QED) is 0.776. The van der Waals surface area contributed by atoms with E-state index in [2.05, 4.69) is 15.4 Å². The fraction of sp³-hybridized carbons (Fsp3) is 0.0667. The highest BCUT2D eigenvalue weighted by Crippen LogP contribution is 2.24. The van der Waals surface area contributed by atoms with Gasteiger partial charge in [0, 0.05) is 17.1 Å². The van der Waals surface area contributed by atoms with Crippen molar-refractivity contribution in [1.29, 1.82) is 0 Å². The number of aromatic hydroxyl groups is 1. The highest BCUT2D eigenvalue weighted by Gasteiger charge is 2.06. The van der Waals surface area contributed by atoms with E-state index in [9.17, 15) is 5.11 Å². The molecule has 0 aliphatic heterocycles. The number of benzene rings is 2. The van der Waals surface area contributed by atoms with E-state index >= 15 is 0 Å². The first-order valence-corrected chi connectivity index (χ1v) is 6.77. The largest absolute Gasteiger partial charge is 0.508 e. The maximum absolute atomic E-state index is 9.84. The third-order valence-corrected chi connectivity index (χ3v) is 3.32. The minimum absolute atomic E-state index is 0.213. The van der Waals surface area contributed by atoms with Gasteiger partial charge < -0.3 is 10.4 Å². The first-order valence-electron chi connectivity index (χ1n) is 6.39. The summed E-state index contributed by atoms with van der Waals surface area (Å²) < 4.78 is 1.68. The Hall–Kier alpha value is -2.53. The van der Waals surface area contributed by atoms with Crippen molar-refractivity contribution in [2.75, 3.05) is 5.32 Å². The minimum atomic E-state index is 0.213. The number of nitrogens with zero attached hydrogens (tertiary/aromatic N) is 3. The summed E-state index contributed by atoms with van der Waals surface area (Å²) in [5, 5.41) is 17.8. The molecule has 0 atom stereocenters. The molecule has 0 aliphatic rings. The molecule has 3 aromatic rings. The average molecular weight is 301 g/mol. The zero-order valence-corrected chi connectivity index (χ0v) is 11.8. The Morgan fingerprint density at radius 2 is 2.05 bits per heavy atom. The molecule has 0 saturated carbocycles. The van der Waals surface area contributed by atoms with Gasteiger partial charge in [-0.1, -0.05) is 23.7 Å². The molecule has 0 amide bonds. The molecule has 0 unspecified atom stereocenters. The van der Waals surface area contributed by atoms with Crippen molar-refractivity contribution < 1.29 is 5.11 Å². The van der Waals surface area contributed by atoms with E-state index in [4.69, 9.17) is 11.6 Å². The van der Waals surface area contributed by atoms with E-state index < -0.39 is 0 Å². The molecule has 0 fully saturated rings. The maximum atomic E-state index is 9.84. The van der Waals surface area contributed by atoms with E-state index in [0.717, 1.165) is 16.9 Å². The van der Waals surface area contributed by atoms with Crippen LogP contribution in [-0.4, -0.2) is 19.9 Å². The van der Waals surface area contributed by atoms with Crippen LogP contribution in [0.5, 0.6) is 5.75 Å². The lowest BCUT2D eigenvalue weighted by atomic mass is 10.2. The van der Waals surface area contributed by atoms with E-state index in [1.165, 1.54) is 6.33 Å². The van der Waals surface area contributed by atoms with Crippen LogP contribution in [0, 0.1) is 0 Å². The van der Waals surface area contributed by atoms with Crippen LogP contribution < -0.4 is 5.32 Å². The Morgan fingerprint density at radius 3 is 2.86 bits per heavy atom. The molecule has 0 bridgehead atoms. The monoisotopic (exact) mass is 300 g/mol. The lowest BCUT2D eigenvalue weighted by molar-refractivity contribution is 0.469. The molecule has 106 valence electrons. The first kappa shape index (κ1) is 13.5. The van der Waals surface area contributed by atoms with Crippen molar-refractivity contribution in [2.24, 2.45) is 0 Å². The molecular formula is C15H13ClN4O. The van der Waals surface area contributed by atoms with Crippen LogP contribution in [0.1, 0.15) is 5.56 Å². The highest BCUT2D eigenvalue weighted by atomic mass is 35.5. The molecule has 1 heterocycles. The zero-order chi connectivity index (χ0) is 14.7. The lowest BCUT2D eigenvalue weighted by Crippen LogP contribution is -2.05. The van der Waals surface area contributed by atoms with Crippen molar-refractivity contribution in [2.45, 2.75) is 6.54 Å². The molecule has 0 saturated heterocycles. The summed E-state index contributed by atoms with van der Waals surface area (Å²) in [4.78, 5) is 3.95. The Kier molecular flexibility index (Phi) is 3.75. The van der Waals surface area contributed by atoms with Crippen LogP contribution >= 0.6 is 11.6 Å². The van der Waals surface area contributed by atoms with Crippen molar-refractivity contribution in [3.8, 4) is 11.4 Å². The van der Waals surface area contributed by atoms with Crippen LogP contribution in [0.25, 0.3) is 5.69 Å². The topological polar surface area (TPSA) is 63.0 Å². The minimum Gasteiger partial charge on any atom is -0.508 e. The zero-order valence-electron chi connectivity index (χ0n) is 11.1. The molecule has 6 heteroatoms. The number of anilines is 1. The van der Waals surface area contributed by atoms with Gasteiger partial charge in [-0.05, 0) is 30.3 Å². The molecule has 1 aromatic heterocycles. The summed E-state index contributed by atoms with van der Waals surface area (Å²) in [5.41, 5.74) is 2.51. The van der Waals surface area contributed by atoms with Crippen LogP contribution in [0.4, 0.5) is 5.69 Å². The fourth-order valence-corrected chi connectivity index (χ4v) is 2.24. The summed E-state index contributed by atoms with van der Waals surface area (Å²) >= 11 is 5.95. The van der Waals surface area contributed by atoms with Gasteiger partial charge in [0.1, 0.15) is 18.4 Å². The number of para-hydroxylation sites is 2. The van der Waals surface area contributed by atoms with Gasteiger partial charge in [0.2, 0.25) is 0 Å². The predicted octanol–water partition coefficient (Wildman–Crippen LogP) is 3.24. The van der Waals surface area contributed by atoms with Gasteiger partial charge in [-0.2, -0.15) is 5.10 Å². The number of hydrogen-bond donors (Lipinski definition) is 2. The third-order valence-electron chi connectivity index (χ3n) is 3.08. The van der Waals surface area contributed by atoms with Crippen LogP contribution in [-0.2, 0) is 6.54 Å². The Bertz CT molecular complexity index is 743. The molecule has 21 heavy (non-hydrogen) atoms. The Morgan fingerprint density at radius 1 is 1.19 bits per heavy atom. The number of hydrogen-bond acceptors (Lipinski definition) is 4. The SMILES string of the molecule is Oc1ccc(Cl)cc1CNc1ccccc1-n1cncn1. The standard InChI is InChI=1S/C15H13ClN4O/c16-12-5-6-15(21)11(7-12)8-18-13-3-1-2-4-14(13)20-10-17-9-19-20/h1-7,9-10,18,21H,8H2. The van der Waals surface area contributed by atoms with Crippen molar-refractivity contribution in [1.82, 2.24) is 14.8 Å². The van der Waals surface area contributed by atoms with Gasteiger partial charge in [0.05, 0.1) is 11.4 Å². The van der Waals surface area contributed by atoms with Crippen molar-refractivity contribution in [3.63, 3.8) is 0 Å². The smallest absolute Gasteiger partial charge is 0.138 e. The number of aromatic nitrogens is 3. The molecule has 2 aromatic carbocycles. The van der Waals surface area contributed by atoms with E-state index in [1.54, 1.807) is 29.2 Å². The second-order valence-corrected chi connectivity index (χ2v) is 4.92. The normalized spacial score (nSPS) is 10.5. The second kappa shape index (κ2) is 5.85. The maximum Gasteiger partial charge on any atom is 0.138 e. The van der Waals surface area contributed by atoms with Gasteiger partial charge in [-0.25, -0.2) is 9.67 Å². The van der Waals surface area contributed by atoms with Crippen molar-refractivity contribution >= 4 is 17.3 Å². The fourth-order valence-electron chi connectivity index (χ4n) is 2.04. The second-order valence-electron chi connectivity index (χ2n) is 4.48.